The van der Waals surface area contributed by atoms with E-state index in [0.29, 0.717) is 0 Å². The summed E-state index contributed by atoms with van der Waals surface area (Å²) in [5.74, 6) is -0.569. The Labute approximate surface area is 96.7 Å². The Bertz CT molecular complexity index is 205. The Kier molecular flexibility index (Phi) is 8.70. The summed E-state index contributed by atoms with van der Waals surface area (Å²) in [6, 6.07) is -0.981. The number of hydrogen-bond donors (Lipinski definition) is 4. The van der Waals surface area contributed by atoms with Gasteiger partial charge in [0.15, 0.2) is 0 Å². The van der Waals surface area contributed by atoms with E-state index in [-0.39, 0.29) is 11.8 Å². The van der Waals surface area contributed by atoms with Crippen LogP contribution in [0.2, 0.25) is 0 Å². The van der Waals surface area contributed by atoms with E-state index >= 15 is 0 Å². The fourth-order valence-electron chi connectivity index (χ4n) is 0.657. The van der Waals surface area contributed by atoms with Crippen LogP contribution in [0.5, 0.6) is 0 Å². The molecule has 0 aliphatic rings. The molecule has 0 fully saturated rings. The Morgan fingerprint density at radius 2 is 0.938 bits per heavy atom. The van der Waals surface area contributed by atoms with Crippen LogP contribution in [0.15, 0.2) is 0 Å². The third-order valence-corrected chi connectivity index (χ3v) is 2.09. The highest BCUT2D eigenvalue weighted by molar-refractivity contribution is 5.80. The van der Waals surface area contributed by atoms with Gasteiger partial charge >= 0.3 is 0 Å². The van der Waals surface area contributed by atoms with Crippen molar-refractivity contribution in [1.82, 2.24) is 0 Å². The molecule has 16 heavy (non-hydrogen) atoms. The van der Waals surface area contributed by atoms with Crippen LogP contribution in [0.25, 0.3) is 0 Å². The van der Waals surface area contributed by atoms with E-state index < -0.39 is 23.9 Å². The van der Waals surface area contributed by atoms with E-state index in [9.17, 15) is 9.59 Å². The van der Waals surface area contributed by atoms with Gasteiger partial charge in [-0.25, -0.2) is 0 Å². The maximum atomic E-state index is 10.2. The highest BCUT2D eigenvalue weighted by Crippen LogP contribution is 1.95. The van der Waals surface area contributed by atoms with Crippen molar-refractivity contribution in [2.75, 3.05) is 0 Å². The Morgan fingerprint density at radius 3 is 0.938 bits per heavy atom. The molecular weight excluding hydrogens is 208 g/mol. The van der Waals surface area contributed by atoms with Gasteiger partial charge in [-0.1, -0.05) is 27.7 Å². The van der Waals surface area contributed by atoms with Crippen LogP contribution in [0, 0.1) is 11.8 Å². The molecule has 0 aromatic carbocycles. The molecule has 0 aromatic rings. The summed E-state index contributed by atoms with van der Waals surface area (Å²) >= 11 is 0. The summed E-state index contributed by atoms with van der Waals surface area (Å²) in [6.45, 7) is 7.43. The largest absolute Gasteiger partial charge is 0.368 e. The maximum absolute atomic E-state index is 10.2. The zero-order valence-electron chi connectivity index (χ0n) is 10.4. The van der Waals surface area contributed by atoms with E-state index in [1.54, 1.807) is 0 Å². The van der Waals surface area contributed by atoms with E-state index in [4.69, 9.17) is 22.9 Å². The zero-order chi connectivity index (χ0) is 13.5. The maximum Gasteiger partial charge on any atom is 0.234 e. The molecule has 6 nitrogen and oxygen atoms in total. The van der Waals surface area contributed by atoms with Crippen molar-refractivity contribution in [3.05, 3.63) is 0 Å². The molecule has 2 atom stereocenters. The number of carbonyl (C=O) groups is 2. The second-order valence-electron chi connectivity index (χ2n) is 4.34. The third-order valence-electron chi connectivity index (χ3n) is 2.09. The molecule has 8 N–H and O–H groups in total. The molecule has 2 amide bonds. The molecule has 0 aliphatic carbocycles. The first-order valence-electron chi connectivity index (χ1n) is 5.21. The Morgan fingerprint density at radius 1 is 0.750 bits per heavy atom. The lowest BCUT2D eigenvalue weighted by atomic mass is 10.1. The van der Waals surface area contributed by atoms with Gasteiger partial charge in [0, 0.05) is 0 Å². The molecule has 0 spiro atoms. The number of amides is 2. The average molecular weight is 232 g/mol. The van der Waals surface area contributed by atoms with Crippen LogP contribution in [-0.2, 0) is 9.59 Å². The highest BCUT2D eigenvalue weighted by atomic mass is 16.1. The molecule has 0 saturated carbocycles. The molecule has 0 unspecified atom stereocenters. The monoisotopic (exact) mass is 232 g/mol. The molecule has 0 aromatic heterocycles. The second-order valence-corrected chi connectivity index (χ2v) is 4.34. The fourth-order valence-corrected chi connectivity index (χ4v) is 0.657. The SMILES string of the molecule is CC(C)[C@H](N)C(N)=O.CC(C)[C@H](N)C(N)=O. The van der Waals surface area contributed by atoms with Crippen LogP contribution in [0.4, 0.5) is 0 Å². The standard InChI is InChI=1S/2C5H12N2O/c2*1-3(2)4(6)5(7)8/h2*3-4H,6H2,1-2H3,(H2,7,8)/t2*4-/m00/s1. The Hall–Kier alpha value is -1.14. The van der Waals surface area contributed by atoms with Crippen molar-refractivity contribution in [3.63, 3.8) is 0 Å². The van der Waals surface area contributed by atoms with E-state index in [1.165, 1.54) is 0 Å². The van der Waals surface area contributed by atoms with Crippen LogP contribution in [0.1, 0.15) is 27.7 Å². The number of carbonyl (C=O) groups excluding carboxylic acids is 2. The van der Waals surface area contributed by atoms with Gasteiger partial charge in [0.25, 0.3) is 0 Å². The van der Waals surface area contributed by atoms with Gasteiger partial charge in [-0.2, -0.15) is 0 Å². The third kappa shape index (κ3) is 8.19. The lowest BCUT2D eigenvalue weighted by molar-refractivity contribution is -0.120. The summed E-state index contributed by atoms with van der Waals surface area (Å²) in [6.07, 6.45) is 0. The molecule has 0 aliphatic heterocycles. The van der Waals surface area contributed by atoms with Crippen LogP contribution < -0.4 is 22.9 Å². The fraction of sp³-hybridized carbons (Fsp3) is 0.800. The average Bonchev–Trinajstić information content (AvgIpc) is 2.15. The van der Waals surface area contributed by atoms with Gasteiger partial charge in [-0.3, -0.25) is 9.59 Å². The van der Waals surface area contributed by atoms with Crippen molar-refractivity contribution >= 4 is 11.8 Å². The van der Waals surface area contributed by atoms with Crippen molar-refractivity contribution in [1.29, 1.82) is 0 Å². The molecule has 0 bridgehead atoms. The van der Waals surface area contributed by atoms with Gasteiger partial charge in [-0.15, -0.1) is 0 Å². The summed E-state index contributed by atoms with van der Waals surface area (Å²) in [7, 11) is 0. The number of primary amides is 2. The summed E-state index contributed by atoms with van der Waals surface area (Å²) < 4.78 is 0. The number of nitrogens with two attached hydrogens (primary N) is 4. The zero-order valence-corrected chi connectivity index (χ0v) is 10.4. The van der Waals surface area contributed by atoms with Crippen LogP contribution in [-0.4, -0.2) is 23.9 Å². The van der Waals surface area contributed by atoms with Crippen LogP contribution >= 0.6 is 0 Å². The van der Waals surface area contributed by atoms with E-state index in [0.717, 1.165) is 0 Å². The lowest BCUT2D eigenvalue weighted by Gasteiger charge is -2.09. The molecule has 96 valence electrons. The van der Waals surface area contributed by atoms with Gasteiger partial charge in [-0.05, 0) is 11.8 Å². The van der Waals surface area contributed by atoms with Crippen molar-refractivity contribution in [3.8, 4) is 0 Å². The molecule has 6 heteroatoms. The summed E-state index contributed by atoms with van der Waals surface area (Å²) in [5.41, 5.74) is 20.3. The quantitative estimate of drug-likeness (QED) is 0.489. The number of rotatable bonds is 4. The highest BCUT2D eigenvalue weighted by Gasteiger charge is 2.12. The molecule has 0 radical (unpaired) electrons. The lowest BCUT2D eigenvalue weighted by Crippen LogP contribution is -2.40. The summed E-state index contributed by atoms with van der Waals surface area (Å²) in [5, 5.41) is 0. The van der Waals surface area contributed by atoms with E-state index in [2.05, 4.69) is 0 Å². The van der Waals surface area contributed by atoms with Crippen molar-refractivity contribution in [2.24, 2.45) is 34.8 Å². The second kappa shape index (κ2) is 8.06. The van der Waals surface area contributed by atoms with Gasteiger partial charge in [0.1, 0.15) is 0 Å². The van der Waals surface area contributed by atoms with Crippen LogP contribution in [0.3, 0.4) is 0 Å². The first kappa shape index (κ1) is 17.3. The predicted octanol–water partition coefficient (Wildman–Crippen LogP) is -1.09. The molecule has 0 rings (SSSR count). The van der Waals surface area contributed by atoms with Crippen molar-refractivity contribution < 1.29 is 9.59 Å². The molecular formula is C10H24N4O2. The van der Waals surface area contributed by atoms with Gasteiger partial charge in [0.05, 0.1) is 12.1 Å². The molecule has 0 saturated heterocycles. The van der Waals surface area contributed by atoms with E-state index in [1.807, 2.05) is 27.7 Å². The smallest absolute Gasteiger partial charge is 0.234 e. The first-order valence-corrected chi connectivity index (χ1v) is 5.21. The summed E-state index contributed by atoms with van der Waals surface area (Å²) in [4.78, 5) is 20.5. The first-order chi connectivity index (χ1) is 7.11. The number of hydrogen-bond acceptors (Lipinski definition) is 4. The molecule has 0 heterocycles. The normalized spacial score (nSPS) is 14.0. The van der Waals surface area contributed by atoms with Crippen molar-refractivity contribution in [2.45, 2.75) is 39.8 Å². The van der Waals surface area contributed by atoms with Gasteiger partial charge in [0.2, 0.25) is 11.8 Å². The minimum Gasteiger partial charge on any atom is -0.368 e. The minimum absolute atomic E-state index is 0.146. The van der Waals surface area contributed by atoms with Gasteiger partial charge < -0.3 is 22.9 Å². The predicted molar refractivity (Wildman–Crippen MR) is 64.0 cm³/mol. The minimum atomic E-state index is -0.491. The Balaban J connectivity index is 0. The topological polar surface area (TPSA) is 138 Å².